The van der Waals surface area contributed by atoms with Crippen molar-refractivity contribution in [3.63, 3.8) is 0 Å². The molecule has 26 heavy (non-hydrogen) atoms. The van der Waals surface area contributed by atoms with Gasteiger partial charge in [-0.2, -0.15) is 0 Å². The molecule has 0 saturated carbocycles. The minimum atomic E-state index is -1.06. The van der Waals surface area contributed by atoms with Crippen LogP contribution in [-0.2, 0) is 14.3 Å². The number of imide groups is 1. The molecule has 1 saturated heterocycles. The van der Waals surface area contributed by atoms with E-state index in [1.54, 1.807) is 31.2 Å². The SMILES string of the molecule is CCCNC(=O)COC(=O)c1ccccc1SC[C@@]1(C)NC(=O)NC1=O. The standard InChI is InChI=1S/C17H21N3O5S/c1-3-8-18-13(21)9-25-14(22)11-6-4-5-7-12(11)26-10-17(2)15(23)19-16(24)20-17/h4-7H,3,8-10H2,1-2H3,(H,18,21)(H2,19,20,23,24)/t17-/m1/s1. The highest BCUT2D eigenvalue weighted by atomic mass is 32.2. The van der Waals surface area contributed by atoms with Gasteiger partial charge in [0.05, 0.1) is 5.56 Å². The van der Waals surface area contributed by atoms with E-state index in [2.05, 4.69) is 16.0 Å². The van der Waals surface area contributed by atoms with Gasteiger partial charge in [0, 0.05) is 17.2 Å². The number of rotatable bonds is 8. The maximum Gasteiger partial charge on any atom is 0.339 e. The lowest BCUT2D eigenvalue weighted by atomic mass is 10.1. The van der Waals surface area contributed by atoms with Crippen LogP contribution >= 0.6 is 11.8 Å². The molecule has 1 heterocycles. The number of esters is 1. The van der Waals surface area contributed by atoms with Crippen LogP contribution in [-0.4, -0.2) is 48.3 Å². The van der Waals surface area contributed by atoms with Crippen molar-refractivity contribution >= 4 is 35.6 Å². The molecule has 9 heteroatoms. The number of hydrogen-bond acceptors (Lipinski definition) is 6. The van der Waals surface area contributed by atoms with Gasteiger partial charge in [-0.15, -0.1) is 11.8 Å². The number of benzene rings is 1. The Hall–Kier alpha value is -2.55. The number of nitrogens with one attached hydrogen (secondary N) is 3. The van der Waals surface area contributed by atoms with Crippen LogP contribution in [0, 0.1) is 0 Å². The second-order valence-electron chi connectivity index (χ2n) is 5.95. The highest BCUT2D eigenvalue weighted by molar-refractivity contribution is 7.99. The second kappa shape index (κ2) is 8.70. The van der Waals surface area contributed by atoms with Crippen LogP contribution in [0.15, 0.2) is 29.2 Å². The summed E-state index contributed by atoms with van der Waals surface area (Å²) in [5.74, 6) is -1.15. The molecule has 1 aromatic carbocycles. The molecule has 2 rings (SSSR count). The van der Waals surface area contributed by atoms with Gasteiger partial charge in [0.15, 0.2) is 6.61 Å². The van der Waals surface area contributed by atoms with Crippen LogP contribution in [0.4, 0.5) is 4.79 Å². The Morgan fingerprint density at radius 3 is 2.65 bits per heavy atom. The number of amides is 4. The summed E-state index contributed by atoms with van der Waals surface area (Å²) in [5, 5.41) is 7.39. The van der Waals surface area contributed by atoms with Crippen molar-refractivity contribution in [1.82, 2.24) is 16.0 Å². The Kier molecular flexibility index (Phi) is 6.62. The summed E-state index contributed by atoms with van der Waals surface area (Å²) in [6.07, 6.45) is 0.794. The lowest BCUT2D eigenvalue weighted by Crippen LogP contribution is -2.46. The van der Waals surface area contributed by atoms with Crippen LogP contribution in [0.25, 0.3) is 0 Å². The zero-order chi connectivity index (χ0) is 19.2. The summed E-state index contributed by atoms with van der Waals surface area (Å²) in [6.45, 7) is 3.70. The minimum Gasteiger partial charge on any atom is -0.452 e. The second-order valence-corrected chi connectivity index (χ2v) is 6.97. The molecular formula is C17H21N3O5S. The van der Waals surface area contributed by atoms with Crippen molar-refractivity contribution in [2.24, 2.45) is 0 Å². The maximum absolute atomic E-state index is 12.3. The third kappa shape index (κ3) is 4.98. The molecule has 8 nitrogen and oxygen atoms in total. The first-order valence-corrected chi connectivity index (χ1v) is 9.13. The third-order valence-electron chi connectivity index (χ3n) is 3.65. The monoisotopic (exact) mass is 379 g/mol. The van der Waals surface area contributed by atoms with E-state index >= 15 is 0 Å². The van der Waals surface area contributed by atoms with Crippen molar-refractivity contribution in [3.05, 3.63) is 29.8 Å². The quantitative estimate of drug-likeness (QED) is 0.354. The largest absolute Gasteiger partial charge is 0.452 e. The minimum absolute atomic E-state index is 0.242. The predicted octanol–water partition coefficient (Wildman–Crippen LogP) is 1.06. The molecule has 1 fully saturated rings. The maximum atomic E-state index is 12.3. The summed E-state index contributed by atoms with van der Waals surface area (Å²) in [4.78, 5) is 47.6. The number of hydrogen-bond donors (Lipinski definition) is 3. The first-order chi connectivity index (χ1) is 12.4. The number of urea groups is 1. The van der Waals surface area contributed by atoms with Crippen molar-refractivity contribution < 1.29 is 23.9 Å². The van der Waals surface area contributed by atoms with E-state index in [4.69, 9.17) is 4.74 Å². The van der Waals surface area contributed by atoms with Crippen LogP contribution in [0.1, 0.15) is 30.6 Å². The summed E-state index contributed by atoms with van der Waals surface area (Å²) >= 11 is 1.25. The van der Waals surface area contributed by atoms with Gasteiger partial charge in [0.1, 0.15) is 5.54 Å². The van der Waals surface area contributed by atoms with E-state index in [9.17, 15) is 19.2 Å². The molecule has 0 unspecified atom stereocenters. The number of carbonyl (C=O) groups is 4. The zero-order valence-electron chi connectivity index (χ0n) is 14.6. The fourth-order valence-corrected chi connectivity index (χ4v) is 3.32. The van der Waals surface area contributed by atoms with Crippen molar-refractivity contribution in [2.75, 3.05) is 18.9 Å². The van der Waals surface area contributed by atoms with Gasteiger partial charge in [0.2, 0.25) is 0 Å². The number of thioether (sulfide) groups is 1. The Balaban J connectivity index is 1.99. The highest BCUT2D eigenvalue weighted by Gasteiger charge is 2.41. The summed E-state index contributed by atoms with van der Waals surface area (Å²) in [7, 11) is 0. The van der Waals surface area contributed by atoms with Gasteiger partial charge in [-0.3, -0.25) is 14.9 Å². The highest BCUT2D eigenvalue weighted by Crippen LogP contribution is 2.28. The van der Waals surface area contributed by atoms with Crippen LogP contribution < -0.4 is 16.0 Å². The van der Waals surface area contributed by atoms with Crippen LogP contribution in [0.2, 0.25) is 0 Å². The van der Waals surface area contributed by atoms with E-state index < -0.39 is 23.4 Å². The van der Waals surface area contributed by atoms with Gasteiger partial charge in [0.25, 0.3) is 11.8 Å². The molecule has 3 N–H and O–H groups in total. The number of ether oxygens (including phenoxy) is 1. The van der Waals surface area contributed by atoms with Gasteiger partial charge in [-0.25, -0.2) is 9.59 Å². The molecule has 0 bridgehead atoms. The Morgan fingerprint density at radius 1 is 1.27 bits per heavy atom. The van der Waals surface area contributed by atoms with Crippen LogP contribution in [0.3, 0.4) is 0 Å². The summed E-state index contributed by atoms with van der Waals surface area (Å²) < 4.78 is 5.05. The van der Waals surface area contributed by atoms with Crippen molar-refractivity contribution in [2.45, 2.75) is 30.7 Å². The zero-order valence-corrected chi connectivity index (χ0v) is 15.4. The Labute approximate surface area is 155 Å². The van der Waals surface area contributed by atoms with Gasteiger partial charge < -0.3 is 15.4 Å². The molecule has 4 amide bonds. The predicted molar refractivity (Wildman–Crippen MR) is 95.8 cm³/mol. The van der Waals surface area contributed by atoms with Gasteiger partial charge in [-0.1, -0.05) is 19.1 Å². The molecule has 140 valence electrons. The van der Waals surface area contributed by atoms with E-state index in [-0.39, 0.29) is 18.3 Å². The molecule has 0 spiro atoms. The van der Waals surface area contributed by atoms with E-state index in [0.717, 1.165) is 6.42 Å². The van der Waals surface area contributed by atoms with E-state index in [1.807, 2.05) is 6.92 Å². The fourth-order valence-electron chi connectivity index (χ4n) is 2.19. The fraction of sp³-hybridized carbons (Fsp3) is 0.412. The lowest BCUT2D eigenvalue weighted by molar-refractivity contribution is -0.124. The average molecular weight is 379 g/mol. The number of carbonyl (C=O) groups excluding carboxylic acids is 4. The van der Waals surface area contributed by atoms with Crippen molar-refractivity contribution in [1.29, 1.82) is 0 Å². The first kappa shape index (κ1) is 19.8. The molecule has 0 aromatic heterocycles. The normalized spacial score (nSPS) is 18.8. The average Bonchev–Trinajstić information content (AvgIpc) is 2.88. The molecule has 1 aromatic rings. The molecular weight excluding hydrogens is 358 g/mol. The molecule has 1 atom stereocenters. The molecule has 1 aliphatic rings. The molecule has 1 aliphatic heterocycles. The third-order valence-corrected chi connectivity index (χ3v) is 5.04. The molecule has 0 radical (unpaired) electrons. The van der Waals surface area contributed by atoms with Gasteiger partial charge >= 0.3 is 12.0 Å². The van der Waals surface area contributed by atoms with Gasteiger partial charge in [-0.05, 0) is 25.5 Å². The Bertz CT molecular complexity index is 724. The van der Waals surface area contributed by atoms with E-state index in [1.165, 1.54) is 11.8 Å². The summed E-state index contributed by atoms with van der Waals surface area (Å²) in [5.41, 5.74) is -0.757. The summed E-state index contributed by atoms with van der Waals surface area (Å²) in [6, 6.07) is 6.20. The van der Waals surface area contributed by atoms with Crippen molar-refractivity contribution in [3.8, 4) is 0 Å². The van der Waals surface area contributed by atoms with Crippen LogP contribution in [0.5, 0.6) is 0 Å². The Morgan fingerprint density at radius 2 is 2.00 bits per heavy atom. The topological polar surface area (TPSA) is 114 Å². The van der Waals surface area contributed by atoms with E-state index in [0.29, 0.717) is 17.0 Å². The molecule has 0 aliphatic carbocycles. The smallest absolute Gasteiger partial charge is 0.339 e. The lowest BCUT2D eigenvalue weighted by Gasteiger charge is -2.20. The first-order valence-electron chi connectivity index (χ1n) is 8.15.